The topological polar surface area (TPSA) is 29.3 Å². The molecule has 1 unspecified atom stereocenters. The first-order chi connectivity index (χ1) is 9.65. The Labute approximate surface area is 120 Å². The Hall–Kier alpha value is -1.00. The van der Waals surface area contributed by atoms with E-state index in [1.54, 1.807) is 0 Å². The molecule has 1 aliphatic rings. The molecule has 1 atom stereocenters. The lowest BCUT2D eigenvalue weighted by atomic mass is 9.99. The summed E-state index contributed by atoms with van der Waals surface area (Å²) in [5.74, 6) is -0.998. The zero-order valence-corrected chi connectivity index (χ0v) is 12.1. The van der Waals surface area contributed by atoms with E-state index in [1.165, 1.54) is 43.9 Å². The molecule has 1 aromatic rings. The summed E-state index contributed by atoms with van der Waals surface area (Å²) < 4.78 is 27.9. The Morgan fingerprint density at radius 2 is 1.70 bits per heavy atom. The van der Waals surface area contributed by atoms with Crippen molar-refractivity contribution in [1.82, 2.24) is 4.90 Å². The Morgan fingerprint density at radius 3 is 2.20 bits per heavy atom. The van der Waals surface area contributed by atoms with Gasteiger partial charge in [-0.05, 0) is 32.0 Å². The van der Waals surface area contributed by atoms with E-state index in [4.69, 9.17) is 5.73 Å². The Balaban J connectivity index is 2.22. The van der Waals surface area contributed by atoms with Gasteiger partial charge in [0.25, 0.3) is 0 Å². The van der Waals surface area contributed by atoms with Gasteiger partial charge in [0.05, 0.1) is 6.04 Å². The molecule has 0 amide bonds. The fourth-order valence-electron chi connectivity index (χ4n) is 3.24. The molecule has 0 heterocycles. The second-order valence-corrected chi connectivity index (χ2v) is 5.70. The minimum Gasteiger partial charge on any atom is -0.329 e. The van der Waals surface area contributed by atoms with Crippen molar-refractivity contribution in [2.24, 2.45) is 5.73 Å². The van der Waals surface area contributed by atoms with Crippen LogP contribution in [0.4, 0.5) is 8.78 Å². The number of halogens is 2. The van der Waals surface area contributed by atoms with E-state index in [0.29, 0.717) is 6.04 Å². The third-order valence-electron chi connectivity index (χ3n) is 4.45. The molecule has 0 aliphatic heterocycles. The SMILES string of the molecule is CN(C1CCCCCC1)C(CN)c1c(F)cccc1F. The van der Waals surface area contributed by atoms with Crippen LogP contribution < -0.4 is 5.73 Å². The van der Waals surface area contributed by atoms with Crippen LogP contribution in [0.5, 0.6) is 0 Å². The van der Waals surface area contributed by atoms with E-state index in [1.807, 2.05) is 7.05 Å². The van der Waals surface area contributed by atoms with Crippen molar-refractivity contribution < 1.29 is 8.78 Å². The van der Waals surface area contributed by atoms with Gasteiger partial charge in [0.2, 0.25) is 0 Å². The minimum atomic E-state index is -0.499. The Morgan fingerprint density at radius 1 is 1.15 bits per heavy atom. The molecule has 1 fully saturated rings. The molecule has 0 saturated heterocycles. The molecule has 0 radical (unpaired) electrons. The molecule has 112 valence electrons. The maximum absolute atomic E-state index is 14.0. The van der Waals surface area contributed by atoms with Crippen LogP contribution in [0, 0.1) is 11.6 Å². The number of nitrogens with two attached hydrogens (primary N) is 1. The number of hydrogen-bond acceptors (Lipinski definition) is 2. The summed E-state index contributed by atoms with van der Waals surface area (Å²) in [6, 6.07) is 3.99. The highest BCUT2D eigenvalue weighted by atomic mass is 19.1. The zero-order chi connectivity index (χ0) is 14.5. The summed E-state index contributed by atoms with van der Waals surface area (Å²) in [5.41, 5.74) is 5.93. The molecule has 1 aliphatic carbocycles. The van der Waals surface area contributed by atoms with E-state index >= 15 is 0 Å². The smallest absolute Gasteiger partial charge is 0.130 e. The lowest BCUT2D eigenvalue weighted by Crippen LogP contribution is -2.39. The van der Waals surface area contributed by atoms with Gasteiger partial charge < -0.3 is 5.73 Å². The van der Waals surface area contributed by atoms with Crippen molar-refractivity contribution in [1.29, 1.82) is 0 Å². The van der Waals surface area contributed by atoms with Crippen LogP contribution in [0.3, 0.4) is 0 Å². The molecule has 0 spiro atoms. The molecule has 1 saturated carbocycles. The van der Waals surface area contributed by atoms with E-state index in [-0.39, 0.29) is 18.2 Å². The molecule has 2 nitrogen and oxygen atoms in total. The second kappa shape index (κ2) is 7.14. The maximum atomic E-state index is 14.0. The molecular weight excluding hydrogens is 258 g/mol. The Kier molecular flexibility index (Phi) is 5.49. The average Bonchev–Trinajstić information content (AvgIpc) is 2.71. The lowest BCUT2D eigenvalue weighted by Gasteiger charge is -2.34. The van der Waals surface area contributed by atoms with Crippen molar-refractivity contribution in [3.05, 3.63) is 35.4 Å². The summed E-state index contributed by atoms with van der Waals surface area (Å²) in [4.78, 5) is 2.08. The van der Waals surface area contributed by atoms with Crippen LogP contribution in [0.25, 0.3) is 0 Å². The van der Waals surface area contributed by atoms with Gasteiger partial charge >= 0.3 is 0 Å². The molecule has 0 bridgehead atoms. The molecule has 2 N–H and O–H groups in total. The highest BCUT2D eigenvalue weighted by Gasteiger charge is 2.28. The molecule has 2 rings (SSSR count). The molecule has 4 heteroatoms. The first kappa shape index (κ1) is 15.4. The van der Waals surface area contributed by atoms with Crippen LogP contribution in [0.2, 0.25) is 0 Å². The van der Waals surface area contributed by atoms with Gasteiger partial charge in [-0.1, -0.05) is 31.7 Å². The van der Waals surface area contributed by atoms with Crippen LogP contribution in [-0.4, -0.2) is 24.5 Å². The fourth-order valence-corrected chi connectivity index (χ4v) is 3.24. The number of likely N-dealkylation sites (N-methyl/N-ethyl adjacent to an activating group) is 1. The van der Waals surface area contributed by atoms with Gasteiger partial charge in [-0.2, -0.15) is 0 Å². The van der Waals surface area contributed by atoms with Gasteiger partial charge in [0.15, 0.2) is 0 Å². The zero-order valence-electron chi connectivity index (χ0n) is 12.1. The monoisotopic (exact) mass is 282 g/mol. The maximum Gasteiger partial charge on any atom is 0.130 e. The minimum absolute atomic E-state index is 0.113. The summed E-state index contributed by atoms with van der Waals surface area (Å²) in [7, 11) is 1.94. The molecular formula is C16H24F2N2. The van der Waals surface area contributed by atoms with E-state index in [9.17, 15) is 8.78 Å². The predicted octanol–water partition coefficient (Wildman–Crippen LogP) is 3.62. The normalized spacial score (nSPS) is 19.1. The number of rotatable bonds is 4. The quantitative estimate of drug-likeness (QED) is 0.855. The second-order valence-electron chi connectivity index (χ2n) is 5.70. The van der Waals surface area contributed by atoms with Crippen molar-refractivity contribution in [3.8, 4) is 0 Å². The van der Waals surface area contributed by atoms with Gasteiger partial charge in [0.1, 0.15) is 11.6 Å². The van der Waals surface area contributed by atoms with Gasteiger partial charge in [-0.3, -0.25) is 4.90 Å². The first-order valence-electron chi connectivity index (χ1n) is 7.51. The van der Waals surface area contributed by atoms with Crippen molar-refractivity contribution in [3.63, 3.8) is 0 Å². The first-order valence-corrected chi connectivity index (χ1v) is 7.51. The highest BCUT2D eigenvalue weighted by Crippen LogP contribution is 2.30. The van der Waals surface area contributed by atoms with Crippen LogP contribution in [0.1, 0.15) is 50.1 Å². The number of nitrogens with zero attached hydrogens (tertiary/aromatic N) is 1. The van der Waals surface area contributed by atoms with E-state index in [0.717, 1.165) is 12.8 Å². The third kappa shape index (κ3) is 3.36. The summed E-state index contributed by atoms with van der Waals surface area (Å²) in [5, 5.41) is 0. The van der Waals surface area contributed by atoms with Crippen molar-refractivity contribution in [2.75, 3.05) is 13.6 Å². The molecule has 1 aromatic carbocycles. The highest BCUT2D eigenvalue weighted by molar-refractivity contribution is 5.24. The van der Waals surface area contributed by atoms with Crippen LogP contribution >= 0.6 is 0 Å². The number of hydrogen-bond donors (Lipinski definition) is 1. The van der Waals surface area contributed by atoms with Crippen LogP contribution in [-0.2, 0) is 0 Å². The Bertz CT molecular complexity index is 408. The lowest BCUT2D eigenvalue weighted by molar-refractivity contribution is 0.155. The molecule has 0 aromatic heterocycles. The number of benzene rings is 1. The van der Waals surface area contributed by atoms with Crippen molar-refractivity contribution >= 4 is 0 Å². The van der Waals surface area contributed by atoms with Crippen molar-refractivity contribution in [2.45, 2.75) is 50.6 Å². The fraction of sp³-hybridized carbons (Fsp3) is 0.625. The summed E-state index contributed by atoms with van der Waals surface area (Å²) >= 11 is 0. The average molecular weight is 282 g/mol. The summed E-state index contributed by atoms with van der Waals surface area (Å²) in [6.45, 7) is 0.227. The standard InChI is InChI=1S/C16H24F2N2/c1-20(12-7-4-2-3-5-8-12)15(11-19)16-13(17)9-6-10-14(16)18/h6,9-10,12,15H,2-5,7-8,11,19H2,1H3. The van der Waals surface area contributed by atoms with Gasteiger partial charge in [-0.25, -0.2) is 8.78 Å². The van der Waals surface area contributed by atoms with E-state index in [2.05, 4.69) is 4.90 Å². The molecule has 20 heavy (non-hydrogen) atoms. The van der Waals surface area contributed by atoms with Crippen LogP contribution in [0.15, 0.2) is 18.2 Å². The van der Waals surface area contributed by atoms with E-state index < -0.39 is 11.6 Å². The largest absolute Gasteiger partial charge is 0.329 e. The van der Waals surface area contributed by atoms with Gasteiger partial charge in [0, 0.05) is 18.2 Å². The third-order valence-corrected chi connectivity index (χ3v) is 4.45. The van der Waals surface area contributed by atoms with Gasteiger partial charge in [-0.15, -0.1) is 0 Å². The predicted molar refractivity (Wildman–Crippen MR) is 77.4 cm³/mol. The summed E-state index contributed by atoms with van der Waals surface area (Å²) in [6.07, 6.45) is 7.06.